The third kappa shape index (κ3) is 25.9. The molecule has 12 heterocycles. The zero-order chi connectivity index (χ0) is 105. The highest BCUT2D eigenvalue weighted by Crippen LogP contribution is 2.38. The second-order valence-electron chi connectivity index (χ2n) is 32.8. The van der Waals surface area contributed by atoms with E-state index in [2.05, 4.69) is 75.3 Å². The predicted molar refractivity (Wildman–Crippen MR) is 562 cm³/mol. The van der Waals surface area contributed by atoms with Crippen molar-refractivity contribution < 1.29 is 71.8 Å². The van der Waals surface area contributed by atoms with Crippen LogP contribution in [0.25, 0.3) is 88.1 Å². The summed E-state index contributed by atoms with van der Waals surface area (Å²) in [5, 5.41) is 18.7. The summed E-state index contributed by atoms with van der Waals surface area (Å²) in [5.74, 6) is -1.54. The molecule has 760 valence electrons. The van der Waals surface area contributed by atoms with E-state index in [1.807, 2.05) is 6.07 Å². The van der Waals surface area contributed by atoms with Crippen molar-refractivity contribution in [2.24, 2.45) is 23.7 Å². The van der Waals surface area contributed by atoms with Gasteiger partial charge in [0.2, 0.25) is 47.1 Å². The molecule has 9 N–H and O–H groups in total. The van der Waals surface area contributed by atoms with Crippen LogP contribution in [0, 0.1) is 51.4 Å². The van der Waals surface area contributed by atoms with Gasteiger partial charge < -0.3 is 45.9 Å². The Bertz CT molecular complexity index is 7790. The van der Waals surface area contributed by atoms with Crippen molar-refractivity contribution in [1.29, 1.82) is 0 Å². The third-order valence-corrected chi connectivity index (χ3v) is 34.9. The zero-order valence-corrected chi connectivity index (χ0v) is 88.2. The first-order valence-electron chi connectivity index (χ1n) is 43.8. The largest absolute Gasteiger partial charge is 0.480 e. The fraction of sp³-hybridized carbons (Fsp3) is 0.250. The Morgan fingerprint density at radius 3 is 0.766 bits per heavy atom. The van der Waals surface area contributed by atoms with Gasteiger partial charge in [-0.25, -0.2) is 73.5 Å². The number of methoxy groups -OCH3 is 4. The standard InChI is InChI=1S/3C24H25N5O5S2.C19H21N5O3.C5H5ClO2S2/c3*1-14-7-8-35-24(14)36(32,33)28-20-10-17(11-26-22(20)34-4)16-5-6-19-18(9-16)23(31)29(13-27-19)12-15(2)21(30)25-3;1-11(17(25)21-2)9-24-10-23-16-5-4-12(6-14(16)19(24)26)13-7-15(20)18(27-3)22-8-13;1-4-2-3-9-5(4)10(6,7)8/h3*5-11,13,15,28H,12H2,1-4H3,(H,25,30);4-8,10-11H,9,20H2,1-3H3,(H,21,25);2-3H,1H3/t2*15-;;;/m10.../s1. The number of thiophene rings is 4. The molecule has 0 saturated carbocycles. The predicted octanol–water partition coefficient (Wildman–Crippen LogP) is 12.5. The molecule has 0 aliphatic carbocycles. The van der Waals surface area contributed by atoms with Crippen LogP contribution in [-0.4, -0.2) is 172 Å². The summed E-state index contributed by atoms with van der Waals surface area (Å²) in [6.07, 6.45) is 12.0. The maximum Gasteiger partial charge on any atom is 0.271 e. The van der Waals surface area contributed by atoms with Crippen LogP contribution in [0.5, 0.6) is 23.5 Å². The van der Waals surface area contributed by atoms with Crippen molar-refractivity contribution in [3.8, 4) is 68.0 Å². The minimum absolute atomic E-state index is 0.115. The minimum Gasteiger partial charge on any atom is -0.480 e. The number of hydrogen-bond acceptors (Lipinski definition) is 33. The molecule has 4 amide bonds. The van der Waals surface area contributed by atoms with Crippen LogP contribution in [0.3, 0.4) is 0 Å². The van der Waals surface area contributed by atoms with Gasteiger partial charge in [-0.1, -0.05) is 52.0 Å². The molecule has 0 saturated heterocycles. The van der Waals surface area contributed by atoms with Gasteiger partial charge >= 0.3 is 0 Å². The number of nitrogen functional groups attached to an aromatic ring is 1. The number of nitrogens with two attached hydrogens (primary N) is 1. The molecule has 0 fully saturated rings. The van der Waals surface area contributed by atoms with Gasteiger partial charge in [0.25, 0.3) is 61.4 Å². The normalized spacial score (nSPS) is 12.2. The van der Waals surface area contributed by atoms with Crippen LogP contribution < -0.4 is 82.4 Å². The highest BCUT2D eigenvalue weighted by atomic mass is 35.7. The first-order chi connectivity index (χ1) is 68.9. The van der Waals surface area contributed by atoms with Crippen LogP contribution in [-0.2, 0) is 84.5 Å². The molecule has 40 nitrogen and oxygen atoms in total. The maximum atomic E-state index is 13.1. The highest BCUT2D eigenvalue weighted by Gasteiger charge is 2.28. The molecular weight excluding hydrogens is 2050 g/mol. The van der Waals surface area contributed by atoms with Gasteiger partial charge in [0.05, 0.1) is 127 Å². The van der Waals surface area contributed by atoms with Crippen LogP contribution in [0.2, 0.25) is 0 Å². The third-order valence-electron chi connectivity index (χ3n) is 22.4. The topological polar surface area (TPSA) is 543 Å². The van der Waals surface area contributed by atoms with Gasteiger partial charge in [0.1, 0.15) is 33.9 Å². The summed E-state index contributed by atoms with van der Waals surface area (Å²) in [4.78, 5) is 134. The van der Waals surface area contributed by atoms with Gasteiger partial charge in [-0.2, -0.15) is 0 Å². The summed E-state index contributed by atoms with van der Waals surface area (Å²) < 4.78 is 134. The number of rotatable bonds is 30. The minimum atomic E-state index is -3.85. The number of pyridine rings is 4. The van der Waals surface area contributed by atoms with Crippen LogP contribution in [0.1, 0.15) is 49.9 Å². The Kier molecular flexibility index (Phi) is 35.5. The average molecular weight is 2150 g/mol. The fourth-order valence-electron chi connectivity index (χ4n) is 14.8. The monoisotopic (exact) mass is 2140 g/mol. The van der Waals surface area contributed by atoms with Crippen LogP contribution in [0.15, 0.2) is 229 Å². The molecule has 2 unspecified atom stereocenters. The molecule has 4 aromatic carbocycles. The number of sulfonamides is 3. The number of fused-ring (bicyclic) bond motifs is 4. The first kappa shape index (κ1) is 109. The van der Waals surface area contributed by atoms with Crippen molar-refractivity contribution in [2.45, 2.75) is 98.4 Å². The number of benzene rings is 4. The summed E-state index contributed by atoms with van der Waals surface area (Å²) in [7, 11) is 1.97. The molecule has 0 aliphatic rings. The molecule has 0 radical (unpaired) electrons. The number of aromatic nitrogens is 12. The first-order valence-corrected chi connectivity index (χ1v) is 54.1. The molecule has 0 spiro atoms. The van der Waals surface area contributed by atoms with Gasteiger partial charge in [0, 0.05) is 112 Å². The molecule has 49 heteroatoms. The zero-order valence-electron chi connectivity index (χ0n) is 80.9. The number of halogens is 1. The number of amides is 4. The molecule has 145 heavy (non-hydrogen) atoms. The number of carbonyl (C=O) groups excluding carboxylic acids is 4. The second-order valence-corrected chi connectivity index (χ2v) is 44.8. The smallest absolute Gasteiger partial charge is 0.271 e. The van der Waals surface area contributed by atoms with E-state index in [9.17, 15) is 72.0 Å². The summed E-state index contributed by atoms with van der Waals surface area (Å²) in [6, 6.07) is 34.4. The maximum absolute atomic E-state index is 13.1. The number of ether oxygens (including phenoxy) is 4. The molecule has 0 aliphatic heterocycles. The van der Waals surface area contributed by atoms with Crippen LogP contribution >= 0.6 is 56.0 Å². The summed E-state index contributed by atoms with van der Waals surface area (Å²) >= 11 is 4.50. The molecule has 16 aromatic rings. The Labute approximate surface area is 853 Å². The summed E-state index contributed by atoms with van der Waals surface area (Å²) in [6.45, 7) is 14.6. The lowest BCUT2D eigenvalue weighted by Crippen LogP contribution is -2.32. The molecule has 4 atom stereocenters. The van der Waals surface area contributed by atoms with E-state index in [4.69, 9.17) is 35.4 Å². The highest BCUT2D eigenvalue weighted by molar-refractivity contribution is 8.15. The van der Waals surface area contributed by atoms with E-state index in [0.29, 0.717) is 111 Å². The number of nitrogens with zero attached hydrogens (tertiary/aromatic N) is 12. The van der Waals surface area contributed by atoms with E-state index in [1.165, 1.54) is 90.6 Å². The number of hydrogen-bond donors (Lipinski definition) is 8. The van der Waals surface area contributed by atoms with Gasteiger partial charge in [-0.3, -0.25) is 70.8 Å². The Hall–Kier alpha value is -14.8. The van der Waals surface area contributed by atoms with E-state index >= 15 is 0 Å². The fourth-order valence-corrected chi connectivity index (χ4v) is 24.6. The number of nitrogens with one attached hydrogen (secondary N) is 7. The quantitative estimate of drug-likeness (QED) is 0.0194. The van der Waals surface area contributed by atoms with E-state index in [-0.39, 0.29) is 130 Å². The SMILES string of the molecule is CNC(=O)C(C)Cn1cnc2ccc(-c3cnc(OC)c(N)c3)cc2c1=O.CNC(=O)C(C)Cn1cnc2ccc(-c3cnc(OC)c(NS(=O)(=O)c4sccc4C)c3)cc2c1=O.CNC(=O)[C@@H](C)Cn1cnc2ccc(-c3cnc(OC)c(NS(=O)(=O)c4sccc4C)c3)cc2c1=O.CNC(=O)[C@H](C)Cn1cnc2ccc(-c3cnc(OC)c(NS(=O)(=O)c4sccc4C)c3)cc2c1=O.Cc1ccsc1S(=O)(=O)Cl. The second kappa shape index (κ2) is 47.2. The Balaban J connectivity index is 0.000000167. The van der Waals surface area contributed by atoms with E-state index in [1.54, 1.807) is 227 Å². The van der Waals surface area contributed by atoms with Gasteiger partial charge in [0.15, 0.2) is 0 Å². The van der Waals surface area contributed by atoms with Crippen molar-refractivity contribution in [2.75, 3.05) is 76.5 Å². The lowest BCUT2D eigenvalue weighted by atomic mass is 10.0. The average Bonchev–Trinajstić information content (AvgIpc) is 1.78. The van der Waals surface area contributed by atoms with E-state index < -0.39 is 56.9 Å². The Morgan fingerprint density at radius 2 is 0.566 bits per heavy atom. The number of anilines is 4. The molecule has 16 rings (SSSR count). The number of aryl methyl sites for hydroxylation is 4. The van der Waals surface area contributed by atoms with Gasteiger partial charge in [-0.15, -0.1) is 45.3 Å². The number of carbonyl (C=O) groups is 4. The van der Waals surface area contributed by atoms with E-state index in [0.717, 1.165) is 56.5 Å². The van der Waals surface area contributed by atoms with Crippen molar-refractivity contribution in [3.05, 3.63) is 257 Å². The Morgan fingerprint density at radius 1 is 0.338 bits per heavy atom. The lowest BCUT2D eigenvalue weighted by molar-refractivity contribution is -0.125. The van der Waals surface area contributed by atoms with Gasteiger partial charge in [-0.05, 0) is 191 Å². The molecule has 12 aromatic heterocycles. The molecule has 0 bridgehead atoms. The summed E-state index contributed by atoms with van der Waals surface area (Å²) in [5.41, 5.74) is 15.7. The van der Waals surface area contributed by atoms with Crippen molar-refractivity contribution in [1.82, 2.24) is 79.4 Å². The van der Waals surface area contributed by atoms with Crippen LogP contribution in [0.4, 0.5) is 22.7 Å². The van der Waals surface area contributed by atoms with Crippen molar-refractivity contribution >= 4 is 185 Å². The molecular formula is C96H101ClN20O20S8. The lowest BCUT2D eigenvalue weighted by Gasteiger charge is -2.14. The van der Waals surface area contributed by atoms with Crippen molar-refractivity contribution in [3.63, 3.8) is 0 Å².